The standard InChI is InChI=1S/C28H31NO6/c1-29(28(32)27-22(18-30)11-7-13-24(27)31)23(21-14-15-25(33-2)26(17-21)34-3)12-8-16-35-19-20-9-5-4-6-10-20/h4-7,9-11,13-15,17-18,23,31H,8,12,16,19H2,1-3H3/t23-/m1/s1. The Morgan fingerprint density at radius 1 is 1.00 bits per heavy atom. The Balaban J connectivity index is 1.82. The van der Waals surface area contributed by atoms with Gasteiger partial charge in [-0.3, -0.25) is 9.59 Å². The minimum atomic E-state index is -0.449. The van der Waals surface area contributed by atoms with Crippen molar-refractivity contribution in [2.45, 2.75) is 25.5 Å². The number of carbonyl (C=O) groups excluding carboxylic acids is 2. The Kier molecular flexibility index (Phi) is 9.26. The summed E-state index contributed by atoms with van der Waals surface area (Å²) < 4.78 is 16.6. The molecule has 0 unspecified atom stereocenters. The molecule has 0 spiro atoms. The number of phenolic OH excluding ortho intramolecular Hbond substituents is 1. The molecule has 3 aromatic rings. The summed E-state index contributed by atoms with van der Waals surface area (Å²) in [5.41, 5.74) is 2.05. The van der Waals surface area contributed by atoms with Crippen LogP contribution in [0.2, 0.25) is 0 Å². The van der Waals surface area contributed by atoms with Crippen LogP contribution >= 0.6 is 0 Å². The fraction of sp³-hybridized carbons (Fsp3) is 0.286. The first kappa shape index (κ1) is 25.8. The van der Waals surface area contributed by atoms with Crippen molar-refractivity contribution in [3.8, 4) is 17.2 Å². The molecular weight excluding hydrogens is 446 g/mol. The maximum Gasteiger partial charge on any atom is 0.258 e. The van der Waals surface area contributed by atoms with Crippen LogP contribution in [0.4, 0.5) is 0 Å². The highest BCUT2D eigenvalue weighted by molar-refractivity contribution is 6.03. The number of nitrogens with zero attached hydrogens (tertiary/aromatic N) is 1. The van der Waals surface area contributed by atoms with E-state index in [-0.39, 0.29) is 22.9 Å². The third-order valence-corrected chi connectivity index (χ3v) is 5.87. The van der Waals surface area contributed by atoms with Gasteiger partial charge in [0.25, 0.3) is 5.91 Å². The van der Waals surface area contributed by atoms with E-state index in [1.807, 2.05) is 42.5 Å². The van der Waals surface area contributed by atoms with Gasteiger partial charge in [0.05, 0.1) is 32.4 Å². The third-order valence-electron chi connectivity index (χ3n) is 5.87. The largest absolute Gasteiger partial charge is 0.507 e. The van der Waals surface area contributed by atoms with Gasteiger partial charge in [-0.25, -0.2) is 0 Å². The molecule has 1 N–H and O–H groups in total. The van der Waals surface area contributed by atoms with Crippen molar-refractivity contribution in [3.63, 3.8) is 0 Å². The predicted molar refractivity (Wildman–Crippen MR) is 133 cm³/mol. The zero-order valence-corrected chi connectivity index (χ0v) is 20.3. The highest BCUT2D eigenvalue weighted by atomic mass is 16.5. The Morgan fingerprint density at radius 3 is 2.43 bits per heavy atom. The Hall–Kier alpha value is -3.84. The molecule has 0 aliphatic carbocycles. The number of methoxy groups -OCH3 is 2. The SMILES string of the molecule is COc1ccc([C@@H](CCCOCc2ccccc2)N(C)C(=O)c2c(O)cccc2C=O)cc1OC. The molecule has 7 nitrogen and oxygen atoms in total. The van der Waals surface area contributed by atoms with Crippen molar-refractivity contribution >= 4 is 12.2 Å². The summed E-state index contributed by atoms with van der Waals surface area (Å²) in [7, 11) is 4.78. The number of hydrogen-bond donors (Lipinski definition) is 1. The summed E-state index contributed by atoms with van der Waals surface area (Å²) >= 11 is 0. The minimum absolute atomic E-state index is 0.0178. The molecule has 184 valence electrons. The molecule has 0 aliphatic heterocycles. The third kappa shape index (κ3) is 6.39. The van der Waals surface area contributed by atoms with Gasteiger partial charge in [-0.1, -0.05) is 48.5 Å². The Labute approximate surface area is 205 Å². The molecule has 7 heteroatoms. The quantitative estimate of drug-likeness (QED) is 0.291. The fourth-order valence-electron chi connectivity index (χ4n) is 3.99. The number of amides is 1. The molecule has 0 bridgehead atoms. The molecule has 0 aliphatic rings. The van der Waals surface area contributed by atoms with E-state index < -0.39 is 5.91 Å². The molecule has 3 aromatic carbocycles. The van der Waals surface area contributed by atoms with E-state index >= 15 is 0 Å². The van der Waals surface area contributed by atoms with E-state index in [0.717, 1.165) is 11.1 Å². The van der Waals surface area contributed by atoms with Crippen LogP contribution < -0.4 is 9.47 Å². The second kappa shape index (κ2) is 12.6. The van der Waals surface area contributed by atoms with Gasteiger partial charge >= 0.3 is 0 Å². The highest BCUT2D eigenvalue weighted by Crippen LogP contribution is 2.35. The zero-order chi connectivity index (χ0) is 25.2. The number of phenols is 1. The van der Waals surface area contributed by atoms with Crippen LogP contribution in [0.25, 0.3) is 0 Å². The van der Waals surface area contributed by atoms with Crippen LogP contribution in [-0.4, -0.2) is 50.1 Å². The van der Waals surface area contributed by atoms with Crippen molar-refractivity contribution in [1.82, 2.24) is 4.90 Å². The number of carbonyl (C=O) groups is 2. The second-order valence-electron chi connectivity index (χ2n) is 8.09. The van der Waals surface area contributed by atoms with Crippen LogP contribution in [-0.2, 0) is 11.3 Å². The first-order valence-electron chi connectivity index (χ1n) is 11.4. The molecule has 0 radical (unpaired) electrons. The van der Waals surface area contributed by atoms with E-state index in [9.17, 15) is 14.7 Å². The van der Waals surface area contributed by atoms with Gasteiger partial charge in [0.1, 0.15) is 5.75 Å². The normalized spacial score (nSPS) is 11.5. The van der Waals surface area contributed by atoms with Gasteiger partial charge in [-0.05, 0) is 42.2 Å². The zero-order valence-electron chi connectivity index (χ0n) is 20.3. The highest BCUT2D eigenvalue weighted by Gasteiger charge is 2.27. The van der Waals surface area contributed by atoms with Gasteiger partial charge in [0, 0.05) is 19.2 Å². The molecule has 0 aromatic heterocycles. The minimum Gasteiger partial charge on any atom is -0.507 e. The fourth-order valence-corrected chi connectivity index (χ4v) is 3.99. The maximum atomic E-state index is 13.4. The molecular formula is C28H31NO6. The van der Waals surface area contributed by atoms with Crippen LogP contribution in [0.1, 0.15) is 50.7 Å². The second-order valence-corrected chi connectivity index (χ2v) is 8.09. The topological polar surface area (TPSA) is 85.3 Å². The molecule has 1 atom stereocenters. The average molecular weight is 478 g/mol. The lowest BCUT2D eigenvalue weighted by atomic mass is 9.98. The predicted octanol–water partition coefficient (Wildman–Crippen LogP) is 5.03. The van der Waals surface area contributed by atoms with Crippen molar-refractivity contribution in [2.75, 3.05) is 27.9 Å². The maximum absolute atomic E-state index is 13.4. The van der Waals surface area contributed by atoms with E-state index in [2.05, 4.69) is 0 Å². The summed E-state index contributed by atoms with van der Waals surface area (Å²) in [6.45, 7) is 1.02. The van der Waals surface area contributed by atoms with E-state index in [0.29, 0.717) is 43.8 Å². The summed E-state index contributed by atoms with van der Waals surface area (Å²) in [4.78, 5) is 26.5. The van der Waals surface area contributed by atoms with Gasteiger partial charge in [0.2, 0.25) is 0 Å². The van der Waals surface area contributed by atoms with E-state index in [1.54, 1.807) is 32.2 Å². The van der Waals surface area contributed by atoms with Gasteiger partial charge in [-0.2, -0.15) is 0 Å². The van der Waals surface area contributed by atoms with Crippen LogP contribution in [0.15, 0.2) is 66.7 Å². The van der Waals surface area contributed by atoms with Crippen molar-refractivity contribution in [1.29, 1.82) is 0 Å². The number of aldehydes is 1. The molecule has 35 heavy (non-hydrogen) atoms. The van der Waals surface area contributed by atoms with Gasteiger partial charge in [0.15, 0.2) is 17.8 Å². The van der Waals surface area contributed by atoms with Crippen LogP contribution in [0, 0.1) is 0 Å². The first-order valence-corrected chi connectivity index (χ1v) is 11.4. The summed E-state index contributed by atoms with van der Waals surface area (Å²) in [6.07, 6.45) is 1.85. The van der Waals surface area contributed by atoms with Gasteiger partial charge in [-0.15, -0.1) is 0 Å². The van der Waals surface area contributed by atoms with Gasteiger partial charge < -0.3 is 24.2 Å². The molecule has 1 amide bonds. The van der Waals surface area contributed by atoms with Crippen molar-refractivity contribution < 1.29 is 28.9 Å². The summed E-state index contributed by atoms with van der Waals surface area (Å²) in [5, 5.41) is 10.3. The number of rotatable bonds is 12. The number of hydrogen-bond acceptors (Lipinski definition) is 6. The number of benzene rings is 3. The van der Waals surface area contributed by atoms with E-state index in [4.69, 9.17) is 14.2 Å². The lowest BCUT2D eigenvalue weighted by Gasteiger charge is -2.30. The van der Waals surface area contributed by atoms with Crippen molar-refractivity contribution in [2.24, 2.45) is 0 Å². The Bertz CT molecular complexity index is 1130. The molecule has 3 rings (SSSR count). The summed E-state index contributed by atoms with van der Waals surface area (Å²) in [6, 6.07) is 19.5. The van der Waals surface area contributed by atoms with Crippen LogP contribution in [0.5, 0.6) is 17.2 Å². The monoisotopic (exact) mass is 477 g/mol. The van der Waals surface area contributed by atoms with Crippen molar-refractivity contribution in [3.05, 3.63) is 89.0 Å². The lowest BCUT2D eigenvalue weighted by molar-refractivity contribution is 0.0689. The molecule has 0 fully saturated rings. The van der Waals surface area contributed by atoms with Crippen LogP contribution in [0.3, 0.4) is 0 Å². The molecule has 0 saturated carbocycles. The first-order chi connectivity index (χ1) is 17.0. The summed E-state index contributed by atoms with van der Waals surface area (Å²) in [5.74, 6) is 0.449. The average Bonchev–Trinajstić information content (AvgIpc) is 2.90. The number of aromatic hydroxyl groups is 1. The Morgan fingerprint density at radius 2 is 1.74 bits per heavy atom. The number of ether oxygens (including phenoxy) is 3. The lowest BCUT2D eigenvalue weighted by Crippen LogP contribution is -2.32. The van der Waals surface area contributed by atoms with E-state index in [1.165, 1.54) is 18.2 Å². The molecule has 0 saturated heterocycles. The molecule has 0 heterocycles. The smallest absolute Gasteiger partial charge is 0.258 e.